The fraction of sp³-hybridized carbons (Fsp3) is 0.235. The van der Waals surface area contributed by atoms with E-state index in [2.05, 4.69) is 5.32 Å². The number of methoxy groups -OCH3 is 2. The maximum Gasteiger partial charge on any atom is 0.407 e. The van der Waals surface area contributed by atoms with Gasteiger partial charge in [-0.1, -0.05) is 30.3 Å². The molecule has 2 aromatic rings. The van der Waals surface area contributed by atoms with Crippen LogP contribution in [0.15, 0.2) is 48.5 Å². The summed E-state index contributed by atoms with van der Waals surface area (Å²) in [6.45, 7) is 0.538. The van der Waals surface area contributed by atoms with Gasteiger partial charge in [0.25, 0.3) is 0 Å². The Labute approximate surface area is 129 Å². The molecule has 0 unspecified atom stereocenters. The highest BCUT2D eigenvalue weighted by Crippen LogP contribution is 2.23. The molecule has 0 aliphatic carbocycles. The van der Waals surface area contributed by atoms with Crippen LogP contribution in [0, 0.1) is 0 Å². The van der Waals surface area contributed by atoms with E-state index in [4.69, 9.17) is 14.2 Å². The van der Waals surface area contributed by atoms with Gasteiger partial charge in [0, 0.05) is 12.1 Å². The van der Waals surface area contributed by atoms with E-state index in [1.807, 2.05) is 36.4 Å². The zero-order valence-electron chi connectivity index (χ0n) is 12.7. The second-order valence-corrected chi connectivity index (χ2v) is 4.59. The molecule has 0 saturated carbocycles. The highest BCUT2D eigenvalue weighted by atomic mass is 16.5. The highest BCUT2D eigenvalue weighted by molar-refractivity contribution is 5.67. The lowest BCUT2D eigenvalue weighted by molar-refractivity contribution is 0.139. The van der Waals surface area contributed by atoms with Crippen LogP contribution in [0.5, 0.6) is 11.5 Å². The lowest BCUT2D eigenvalue weighted by atomic mass is 10.2. The van der Waals surface area contributed by atoms with Crippen LogP contribution in [-0.4, -0.2) is 20.3 Å². The molecule has 0 atom stereocenters. The number of carbonyl (C=O) groups is 1. The van der Waals surface area contributed by atoms with Crippen molar-refractivity contribution in [2.24, 2.45) is 0 Å². The summed E-state index contributed by atoms with van der Waals surface area (Å²) in [5, 5.41) is 2.70. The van der Waals surface area contributed by atoms with E-state index in [1.54, 1.807) is 26.4 Å². The second-order valence-electron chi connectivity index (χ2n) is 4.59. The number of rotatable bonds is 6. The maximum atomic E-state index is 11.7. The Kier molecular flexibility index (Phi) is 5.65. The minimum absolute atomic E-state index is 0.238. The number of amides is 1. The molecule has 0 aromatic heterocycles. The smallest absolute Gasteiger partial charge is 0.407 e. The zero-order chi connectivity index (χ0) is 15.8. The summed E-state index contributed by atoms with van der Waals surface area (Å²) in [5.74, 6) is 1.39. The molecule has 0 saturated heterocycles. The van der Waals surface area contributed by atoms with Crippen LogP contribution in [0.2, 0.25) is 0 Å². The van der Waals surface area contributed by atoms with Crippen molar-refractivity contribution in [2.75, 3.05) is 14.2 Å². The first-order valence-electron chi connectivity index (χ1n) is 6.88. The molecule has 0 bridgehead atoms. The van der Waals surface area contributed by atoms with Gasteiger partial charge in [0.15, 0.2) is 0 Å². The largest absolute Gasteiger partial charge is 0.497 e. The van der Waals surface area contributed by atoms with Gasteiger partial charge in [-0.25, -0.2) is 4.79 Å². The van der Waals surface area contributed by atoms with Gasteiger partial charge in [-0.05, 0) is 23.8 Å². The number of hydrogen-bond donors (Lipinski definition) is 1. The molecule has 1 N–H and O–H groups in total. The van der Waals surface area contributed by atoms with E-state index in [1.165, 1.54) is 0 Å². The van der Waals surface area contributed by atoms with Crippen LogP contribution < -0.4 is 14.8 Å². The van der Waals surface area contributed by atoms with Gasteiger partial charge in [0.05, 0.1) is 14.2 Å². The average Bonchev–Trinajstić information content (AvgIpc) is 2.58. The first-order chi connectivity index (χ1) is 10.7. The summed E-state index contributed by atoms with van der Waals surface area (Å²) >= 11 is 0. The molecule has 0 heterocycles. The van der Waals surface area contributed by atoms with E-state index in [0.717, 1.165) is 11.1 Å². The first kappa shape index (κ1) is 15.7. The standard InChI is InChI=1S/C17H19NO4/c1-20-15-8-9-16(21-2)14(10-15)11-18-17(19)22-12-13-6-4-3-5-7-13/h3-10H,11-12H2,1-2H3,(H,18,19). The van der Waals surface area contributed by atoms with E-state index in [0.29, 0.717) is 18.0 Å². The predicted molar refractivity (Wildman–Crippen MR) is 83.0 cm³/mol. The van der Waals surface area contributed by atoms with Crippen LogP contribution in [0.1, 0.15) is 11.1 Å². The lowest BCUT2D eigenvalue weighted by Gasteiger charge is -2.11. The maximum absolute atomic E-state index is 11.7. The number of ether oxygens (including phenoxy) is 3. The van der Waals surface area contributed by atoms with Crippen molar-refractivity contribution >= 4 is 6.09 Å². The fourth-order valence-corrected chi connectivity index (χ4v) is 1.96. The van der Waals surface area contributed by atoms with Crippen molar-refractivity contribution in [2.45, 2.75) is 13.2 Å². The number of alkyl carbamates (subject to hydrolysis) is 1. The predicted octanol–water partition coefficient (Wildman–Crippen LogP) is 3.13. The molecule has 5 nitrogen and oxygen atoms in total. The van der Waals surface area contributed by atoms with Gasteiger partial charge in [0.2, 0.25) is 0 Å². The summed E-state index contributed by atoms with van der Waals surface area (Å²) in [4.78, 5) is 11.7. The molecule has 1 amide bonds. The SMILES string of the molecule is COc1ccc(OC)c(CNC(=O)OCc2ccccc2)c1. The van der Waals surface area contributed by atoms with Gasteiger partial charge >= 0.3 is 6.09 Å². The number of carbonyl (C=O) groups excluding carboxylic acids is 1. The molecule has 0 aliphatic heterocycles. The van der Waals surface area contributed by atoms with Crippen LogP contribution >= 0.6 is 0 Å². The van der Waals surface area contributed by atoms with Crippen LogP contribution in [-0.2, 0) is 17.9 Å². The average molecular weight is 301 g/mol. The van der Waals surface area contributed by atoms with Gasteiger partial charge < -0.3 is 19.5 Å². The van der Waals surface area contributed by atoms with Crippen LogP contribution in [0.4, 0.5) is 4.79 Å². The van der Waals surface area contributed by atoms with Gasteiger partial charge in [-0.2, -0.15) is 0 Å². The minimum Gasteiger partial charge on any atom is -0.497 e. The van der Waals surface area contributed by atoms with Crippen LogP contribution in [0.3, 0.4) is 0 Å². The molecular weight excluding hydrogens is 282 g/mol. The number of nitrogens with one attached hydrogen (secondary N) is 1. The van der Waals surface area contributed by atoms with Crippen molar-refractivity contribution in [3.63, 3.8) is 0 Å². The zero-order valence-corrected chi connectivity index (χ0v) is 12.7. The molecule has 0 spiro atoms. The third-order valence-corrected chi connectivity index (χ3v) is 3.12. The van der Waals surface area contributed by atoms with Crippen molar-refractivity contribution in [1.29, 1.82) is 0 Å². The van der Waals surface area contributed by atoms with Crippen molar-refractivity contribution < 1.29 is 19.0 Å². The van der Waals surface area contributed by atoms with Crippen molar-refractivity contribution in [1.82, 2.24) is 5.32 Å². The number of hydrogen-bond acceptors (Lipinski definition) is 4. The second kappa shape index (κ2) is 7.93. The molecule has 2 rings (SSSR count). The normalized spacial score (nSPS) is 9.91. The Bertz CT molecular complexity index is 613. The van der Waals surface area contributed by atoms with Crippen molar-refractivity contribution in [3.8, 4) is 11.5 Å². The monoisotopic (exact) mass is 301 g/mol. The third-order valence-electron chi connectivity index (χ3n) is 3.12. The Balaban J connectivity index is 1.88. The molecule has 116 valence electrons. The minimum atomic E-state index is -0.478. The van der Waals surface area contributed by atoms with Gasteiger partial charge in [0.1, 0.15) is 18.1 Å². The van der Waals surface area contributed by atoms with E-state index in [9.17, 15) is 4.79 Å². The lowest BCUT2D eigenvalue weighted by Crippen LogP contribution is -2.23. The van der Waals surface area contributed by atoms with Crippen LogP contribution in [0.25, 0.3) is 0 Å². The molecule has 0 aliphatic rings. The first-order valence-corrected chi connectivity index (χ1v) is 6.88. The van der Waals surface area contributed by atoms with E-state index >= 15 is 0 Å². The summed E-state index contributed by atoms with van der Waals surface area (Å²) < 4.78 is 15.6. The fourth-order valence-electron chi connectivity index (χ4n) is 1.96. The highest BCUT2D eigenvalue weighted by Gasteiger charge is 2.08. The Morgan fingerprint density at radius 3 is 2.50 bits per heavy atom. The molecule has 5 heteroatoms. The molecular formula is C17H19NO4. The molecule has 0 radical (unpaired) electrons. The Morgan fingerprint density at radius 2 is 1.82 bits per heavy atom. The Hall–Kier alpha value is -2.69. The molecule has 22 heavy (non-hydrogen) atoms. The van der Waals surface area contributed by atoms with E-state index < -0.39 is 6.09 Å². The van der Waals surface area contributed by atoms with Crippen molar-refractivity contribution in [3.05, 3.63) is 59.7 Å². The van der Waals surface area contributed by atoms with E-state index in [-0.39, 0.29) is 6.61 Å². The summed E-state index contributed by atoms with van der Waals surface area (Å²) in [6, 6.07) is 14.9. The summed E-state index contributed by atoms with van der Waals surface area (Å²) in [5.41, 5.74) is 1.76. The quantitative estimate of drug-likeness (QED) is 0.890. The summed E-state index contributed by atoms with van der Waals surface area (Å²) in [6.07, 6.45) is -0.478. The number of benzene rings is 2. The molecule has 2 aromatic carbocycles. The Morgan fingerprint density at radius 1 is 1.05 bits per heavy atom. The van der Waals surface area contributed by atoms with Gasteiger partial charge in [-0.15, -0.1) is 0 Å². The summed E-state index contributed by atoms with van der Waals surface area (Å²) in [7, 11) is 3.17. The third kappa shape index (κ3) is 4.41. The topological polar surface area (TPSA) is 56.8 Å². The molecule has 0 fully saturated rings. The van der Waals surface area contributed by atoms with Gasteiger partial charge in [-0.3, -0.25) is 0 Å².